The molecule has 1 fully saturated rings. The minimum atomic E-state index is -0.293. The van der Waals surface area contributed by atoms with Crippen LogP contribution in [0.15, 0.2) is 17.5 Å². The second kappa shape index (κ2) is 6.65. The van der Waals surface area contributed by atoms with Crippen LogP contribution in [-0.2, 0) is 4.79 Å². The number of nitrogens with zero attached hydrogens (tertiary/aromatic N) is 1. The van der Waals surface area contributed by atoms with Crippen molar-refractivity contribution in [2.45, 2.75) is 18.9 Å². The smallest absolute Gasteiger partial charge is 0.279 e. The lowest BCUT2D eigenvalue weighted by Crippen LogP contribution is -2.50. The van der Waals surface area contributed by atoms with Crippen LogP contribution in [0.25, 0.3) is 0 Å². The van der Waals surface area contributed by atoms with Gasteiger partial charge in [0.1, 0.15) is 0 Å². The topological polar surface area (TPSA) is 87.5 Å². The zero-order chi connectivity index (χ0) is 13.7. The summed E-state index contributed by atoms with van der Waals surface area (Å²) in [6.07, 6.45) is 2.02. The Morgan fingerprint density at radius 1 is 1.47 bits per heavy atom. The van der Waals surface area contributed by atoms with Crippen LogP contribution in [0.5, 0.6) is 0 Å². The number of carbonyl (C=O) groups excluding carboxylic acids is 2. The maximum atomic E-state index is 11.7. The molecule has 1 unspecified atom stereocenters. The van der Waals surface area contributed by atoms with Crippen molar-refractivity contribution in [2.24, 2.45) is 5.73 Å². The van der Waals surface area contributed by atoms with Gasteiger partial charge in [-0.05, 0) is 30.8 Å². The molecular formula is C12H18N4O2S. The summed E-state index contributed by atoms with van der Waals surface area (Å²) in [5.74, 6) is -0.516. The summed E-state index contributed by atoms with van der Waals surface area (Å²) in [4.78, 5) is 25.9. The van der Waals surface area contributed by atoms with Gasteiger partial charge < -0.3 is 5.73 Å². The summed E-state index contributed by atoms with van der Waals surface area (Å²) >= 11 is 1.33. The van der Waals surface area contributed by atoms with Gasteiger partial charge in [-0.25, -0.2) is 0 Å². The monoisotopic (exact) mass is 282 g/mol. The number of carbonyl (C=O) groups is 2. The highest BCUT2D eigenvalue weighted by atomic mass is 32.1. The maximum Gasteiger partial charge on any atom is 0.279 e. The fraction of sp³-hybridized carbons (Fsp3) is 0.500. The molecule has 2 heterocycles. The Balaban J connectivity index is 1.71. The summed E-state index contributed by atoms with van der Waals surface area (Å²) in [7, 11) is 0. The predicted molar refractivity (Wildman–Crippen MR) is 73.6 cm³/mol. The average molecular weight is 282 g/mol. The van der Waals surface area contributed by atoms with Crippen molar-refractivity contribution in [2.75, 3.05) is 19.6 Å². The summed E-state index contributed by atoms with van der Waals surface area (Å²) < 4.78 is 0. The summed E-state index contributed by atoms with van der Waals surface area (Å²) in [6.45, 7) is 1.87. The molecule has 1 saturated heterocycles. The van der Waals surface area contributed by atoms with Crippen LogP contribution in [0.2, 0.25) is 0 Å². The van der Waals surface area contributed by atoms with E-state index in [1.54, 1.807) is 12.1 Å². The van der Waals surface area contributed by atoms with Gasteiger partial charge in [0, 0.05) is 12.6 Å². The molecule has 1 aliphatic rings. The van der Waals surface area contributed by atoms with Crippen LogP contribution < -0.4 is 16.6 Å². The Bertz CT molecular complexity index is 435. The van der Waals surface area contributed by atoms with Gasteiger partial charge >= 0.3 is 0 Å². The van der Waals surface area contributed by atoms with Crippen LogP contribution in [0.1, 0.15) is 22.5 Å². The van der Waals surface area contributed by atoms with E-state index in [-0.39, 0.29) is 24.4 Å². The average Bonchev–Trinajstić information content (AvgIpc) is 2.90. The van der Waals surface area contributed by atoms with Gasteiger partial charge in [-0.15, -0.1) is 11.3 Å². The molecule has 6 nitrogen and oxygen atoms in total. The lowest BCUT2D eigenvalue weighted by Gasteiger charge is -2.29. The van der Waals surface area contributed by atoms with Crippen LogP contribution in [0.4, 0.5) is 0 Å². The van der Waals surface area contributed by atoms with Crippen LogP contribution >= 0.6 is 11.3 Å². The molecule has 4 N–H and O–H groups in total. The third-order valence-electron chi connectivity index (χ3n) is 2.97. The summed E-state index contributed by atoms with van der Waals surface area (Å²) in [6, 6.07) is 3.63. The first kappa shape index (κ1) is 14.0. The van der Waals surface area contributed by atoms with E-state index in [1.807, 2.05) is 10.3 Å². The Morgan fingerprint density at radius 2 is 2.32 bits per heavy atom. The SMILES string of the molecule is NC1CCCN(CC(=O)NNC(=O)c2cccs2)C1. The van der Waals surface area contributed by atoms with E-state index in [4.69, 9.17) is 5.73 Å². The second-order valence-corrected chi connectivity index (χ2v) is 5.56. The van der Waals surface area contributed by atoms with Gasteiger partial charge in [-0.3, -0.25) is 25.3 Å². The molecular weight excluding hydrogens is 264 g/mol. The van der Waals surface area contributed by atoms with E-state index in [2.05, 4.69) is 10.9 Å². The molecule has 7 heteroatoms. The lowest BCUT2D eigenvalue weighted by molar-refractivity contribution is -0.123. The van der Waals surface area contributed by atoms with E-state index in [0.29, 0.717) is 4.88 Å². The number of rotatable bonds is 3. The number of piperidine rings is 1. The molecule has 1 atom stereocenters. The first-order chi connectivity index (χ1) is 9.15. The van der Waals surface area contributed by atoms with E-state index >= 15 is 0 Å². The van der Waals surface area contributed by atoms with Crippen molar-refractivity contribution in [1.29, 1.82) is 0 Å². The van der Waals surface area contributed by atoms with Crippen molar-refractivity contribution >= 4 is 23.2 Å². The lowest BCUT2D eigenvalue weighted by atomic mass is 10.1. The van der Waals surface area contributed by atoms with E-state index in [1.165, 1.54) is 11.3 Å². The Labute approximate surface area is 115 Å². The molecule has 2 amide bonds. The van der Waals surface area contributed by atoms with E-state index in [9.17, 15) is 9.59 Å². The minimum absolute atomic E-state index is 0.141. The third kappa shape index (κ3) is 4.30. The van der Waals surface area contributed by atoms with Gasteiger partial charge in [-0.2, -0.15) is 0 Å². The van der Waals surface area contributed by atoms with Crippen molar-refractivity contribution in [3.63, 3.8) is 0 Å². The molecule has 0 radical (unpaired) electrons. The molecule has 104 valence electrons. The number of thiophene rings is 1. The van der Waals surface area contributed by atoms with Gasteiger partial charge in [-0.1, -0.05) is 6.07 Å². The molecule has 0 aromatic carbocycles. The number of hydrogen-bond acceptors (Lipinski definition) is 5. The third-order valence-corrected chi connectivity index (χ3v) is 3.84. The van der Waals surface area contributed by atoms with Crippen molar-refractivity contribution in [3.05, 3.63) is 22.4 Å². The van der Waals surface area contributed by atoms with Gasteiger partial charge in [0.15, 0.2) is 0 Å². The Kier molecular flexibility index (Phi) is 4.89. The molecule has 19 heavy (non-hydrogen) atoms. The highest BCUT2D eigenvalue weighted by Gasteiger charge is 2.19. The number of hydrazine groups is 1. The van der Waals surface area contributed by atoms with E-state index < -0.39 is 0 Å². The first-order valence-corrected chi connectivity index (χ1v) is 7.14. The summed E-state index contributed by atoms with van der Waals surface area (Å²) in [5.41, 5.74) is 10.7. The molecule has 2 rings (SSSR count). The van der Waals surface area contributed by atoms with Crippen molar-refractivity contribution in [1.82, 2.24) is 15.8 Å². The Hall–Kier alpha value is -1.44. The highest BCUT2D eigenvalue weighted by Crippen LogP contribution is 2.08. The van der Waals surface area contributed by atoms with Crippen LogP contribution in [0, 0.1) is 0 Å². The Morgan fingerprint density at radius 3 is 3.00 bits per heavy atom. The zero-order valence-corrected chi connectivity index (χ0v) is 11.4. The second-order valence-electron chi connectivity index (χ2n) is 4.62. The number of likely N-dealkylation sites (tertiary alicyclic amines) is 1. The molecule has 1 aliphatic heterocycles. The normalized spacial score (nSPS) is 19.9. The van der Waals surface area contributed by atoms with Crippen LogP contribution in [-0.4, -0.2) is 42.4 Å². The maximum absolute atomic E-state index is 11.7. The van der Waals surface area contributed by atoms with Gasteiger partial charge in [0.25, 0.3) is 11.8 Å². The standard InChI is InChI=1S/C12H18N4O2S/c13-9-3-1-5-16(7-9)8-11(17)14-15-12(18)10-4-2-6-19-10/h2,4,6,9H,1,3,5,7-8,13H2,(H,14,17)(H,15,18). The van der Waals surface area contributed by atoms with E-state index in [0.717, 1.165) is 25.9 Å². The molecule has 0 bridgehead atoms. The molecule has 1 aromatic heterocycles. The van der Waals surface area contributed by atoms with Crippen molar-refractivity contribution < 1.29 is 9.59 Å². The highest BCUT2D eigenvalue weighted by molar-refractivity contribution is 7.12. The first-order valence-electron chi connectivity index (χ1n) is 6.26. The number of amides is 2. The largest absolute Gasteiger partial charge is 0.327 e. The molecule has 0 aliphatic carbocycles. The van der Waals surface area contributed by atoms with Crippen LogP contribution in [0.3, 0.4) is 0 Å². The van der Waals surface area contributed by atoms with Crippen molar-refractivity contribution in [3.8, 4) is 0 Å². The molecule has 0 spiro atoms. The molecule has 0 saturated carbocycles. The fourth-order valence-electron chi connectivity index (χ4n) is 2.07. The van der Waals surface area contributed by atoms with Gasteiger partial charge in [0.05, 0.1) is 11.4 Å². The van der Waals surface area contributed by atoms with Gasteiger partial charge in [0.2, 0.25) is 0 Å². The quantitative estimate of drug-likeness (QED) is 0.677. The fourth-order valence-corrected chi connectivity index (χ4v) is 2.69. The molecule has 1 aromatic rings. The summed E-state index contributed by atoms with van der Waals surface area (Å²) in [5, 5.41) is 1.81. The number of hydrogen-bond donors (Lipinski definition) is 3. The zero-order valence-electron chi connectivity index (χ0n) is 10.6. The predicted octanol–water partition coefficient (Wildman–Crippen LogP) is -0.0678. The number of nitrogens with two attached hydrogens (primary N) is 1. The minimum Gasteiger partial charge on any atom is -0.327 e. The number of nitrogens with one attached hydrogen (secondary N) is 2.